The highest BCUT2D eigenvalue weighted by Gasteiger charge is 2.30. The molecule has 0 fully saturated rings. The maximum atomic E-state index is 12.5. The van der Waals surface area contributed by atoms with Crippen LogP contribution in [0.5, 0.6) is 0 Å². The van der Waals surface area contributed by atoms with E-state index in [1.54, 1.807) is 57.2 Å². The molecule has 0 spiro atoms. The summed E-state index contributed by atoms with van der Waals surface area (Å²) in [6.07, 6.45) is -0.458. The predicted octanol–water partition coefficient (Wildman–Crippen LogP) is 3.91. The monoisotopic (exact) mass is 326 g/mol. The van der Waals surface area contributed by atoms with Gasteiger partial charge in [0.15, 0.2) is 5.78 Å². The third-order valence-corrected chi connectivity index (χ3v) is 3.58. The normalized spacial score (nSPS) is 12.5. The van der Waals surface area contributed by atoms with Crippen LogP contribution in [0.2, 0.25) is 0 Å². The Bertz CT molecular complexity index is 677. The van der Waals surface area contributed by atoms with E-state index in [1.807, 2.05) is 24.3 Å². The van der Waals surface area contributed by atoms with Crippen LogP contribution in [-0.2, 0) is 9.47 Å². The molecule has 2 aromatic carbocycles. The van der Waals surface area contributed by atoms with Crippen molar-refractivity contribution in [3.63, 3.8) is 0 Å². The lowest BCUT2D eigenvalue weighted by atomic mass is 9.96. The molecule has 2 rings (SSSR count). The number of carbonyl (C=O) groups is 2. The zero-order valence-corrected chi connectivity index (χ0v) is 14.2. The molecule has 0 saturated carbocycles. The van der Waals surface area contributed by atoms with Crippen molar-refractivity contribution >= 4 is 11.8 Å². The maximum Gasteiger partial charge on any atom is 0.338 e. The zero-order valence-electron chi connectivity index (χ0n) is 14.2. The lowest BCUT2D eigenvalue weighted by Crippen LogP contribution is -2.38. The average Bonchev–Trinajstić information content (AvgIpc) is 2.61. The Labute approximate surface area is 142 Å². The van der Waals surface area contributed by atoms with Gasteiger partial charge in [0, 0.05) is 5.56 Å². The molecule has 0 radical (unpaired) electrons. The fraction of sp³-hybridized carbons (Fsp3) is 0.300. The van der Waals surface area contributed by atoms with E-state index in [1.165, 1.54) is 0 Å². The van der Waals surface area contributed by atoms with Crippen molar-refractivity contribution in [3.05, 3.63) is 71.8 Å². The van der Waals surface area contributed by atoms with E-state index in [0.717, 1.165) is 0 Å². The summed E-state index contributed by atoms with van der Waals surface area (Å²) in [6.45, 7) is 5.32. The molecular formula is C20H22O4. The Morgan fingerprint density at radius 1 is 0.917 bits per heavy atom. The Hall–Kier alpha value is -2.46. The van der Waals surface area contributed by atoms with Gasteiger partial charge in [-0.1, -0.05) is 48.5 Å². The lowest BCUT2D eigenvalue weighted by molar-refractivity contribution is -0.0469. The highest BCUT2D eigenvalue weighted by molar-refractivity contribution is 6.01. The average molecular weight is 326 g/mol. The first-order chi connectivity index (χ1) is 11.4. The number of carbonyl (C=O) groups excluding carboxylic acids is 2. The number of hydrogen-bond donors (Lipinski definition) is 0. The summed E-state index contributed by atoms with van der Waals surface area (Å²) in [5.41, 5.74) is 0.0924. The Morgan fingerprint density at radius 3 is 1.96 bits per heavy atom. The molecule has 0 saturated heterocycles. The van der Waals surface area contributed by atoms with Crippen LogP contribution in [0.3, 0.4) is 0 Å². The van der Waals surface area contributed by atoms with Crippen LogP contribution in [0.4, 0.5) is 0 Å². The van der Waals surface area contributed by atoms with E-state index in [0.29, 0.717) is 11.1 Å². The lowest BCUT2D eigenvalue weighted by Gasteiger charge is -2.25. The number of hydrogen-bond acceptors (Lipinski definition) is 4. The van der Waals surface area contributed by atoms with Crippen LogP contribution >= 0.6 is 0 Å². The minimum atomic E-state index is -0.991. The first kappa shape index (κ1) is 17.9. The van der Waals surface area contributed by atoms with Crippen molar-refractivity contribution in [2.75, 3.05) is 6.61 Å². The van der Waals surface area contributed by atoms with Gasteiger partial charge in [0.2, 0.25) is 0 Å². The van der Waals surface area contributed by atoms with Gasteiger partial charge in [0.1, 0.15) is 11.7 Å². The summed E-state index contributed by atoms with van der Waals surface area (Å²) in [6, 6.07) is 17.8. The van der Waals surface area contributed by atoms with Gasteiger partial charge in [-0.3, -0.25) is 4.79 Å². The zero-order chi connectivity index (χ0) is 17.6. The second kappa shape index (κ2) is 7.88. The summed E-state index contributed by atoms with van der Waals surface area (Å²) < 4.78 is 11.1. The number of Topliss-reactive ketones (excluding diaryl/α,β-unsaturated/α-hetero) is 1. The molecular weight excluding hydrogens is 304 g/mol. The van der Waals surface area contributed by atoms with E-state index in [9.17, 15) is 9.59 Å². The predicted molar refractivity (Wildman–Crippen MR) is 92.1 cm³/mol. The van der Waals surface area contributed by atoms with Crippen molar-refractivity contribution in [2.45, 2.75) is 32.5 Å². The van der Waals surface area contributed by atoms with Gasteiger partial charge in [-0.05, 0) is 32.9 Å². The van der Waals surface area contributed by atoms with E-state index in [-0.39, 0.29) is 12.4 Å². The van der Waals surface area contributed by atoms with Crippen LogP contribution in [0.1, 0.15) is 41.5 Å². The Balaban J connectivity index is 1.89. The van der Waals surface area contributed by atoms with Gasteiger partial charge in [-0.2, -0.15) is 0 Å². The molecule has 0 amide bonds. The van der Waals surface area contributed by atoms with Gasteiger partial charge in [0.05, 0.1) is 12.2 Å². The maximum absolute atomic E-state index is 12.5. The van der Waals surface area contributed by atoms with Crippen LogP contribution in [0, 0.1) is 0 Å². The summed E-state index contributed by atoms with van der Waals surface area (Å²) in [7, 11) is 0. The molecule has 0 bridgehead atoms. The molecule has 0 aliphatic carbocycles. The molecule has 0 heterocycles. The van der Waals surface area contributed by atoms with Crippen molar-refractivity contribution in [1.29, 1.82) is 0 Å². The van der Waals surface area contributed by atoms with Crippen molar-refractivity contribution in [1.82, 2.24) is 0 Å². The Morgan fingerprint density at radius 2 is 1.42 bits per heavy atom. The van der Waals surface area contributed by atoms with Crippen molar-refractivity contribution in [2.24, 2.45) is 0 Å². The standard InChI is InChI=1S/C20H22O4/c1-15(24-19(22)17-12-8-5-9-13-17)14-23-20(2,3)18(21)16-10-6-4-7-11-16/h4-13,15H,14H2,1-3H3. The van der Waals surface area contributed by atoms with Gasteiger partial charge < -0.3 is 9.47 Å². The van der Waals surface area contributed by atoms with Crippen LogP contribution in [0.25, 0.3) is 0 Å². The molecule has 0 N–H and O–H groups in total. The second-order valence-electron chi connectivity index (χ2n) is 6.10. The van der Waals surface area contributed by atoms with Gasteiger partial charge in [-0.15, -0.1) is 0 Å². The van der Waals surface area contributed by atoms with Crippen LogP contribution < -0.4 is 0 Å². The van der Waals surface area contributed by atoms with Crippen molar-refractivity contribution < 1.29 is 19.1 Å². The summed E-state index contributed by atoms with van der Waals surface area (Å²) >= 11 is 0. The first-order valence-electron chi connectivity index (χ1n) is 7.90. The number of ketones is 1. The quantitative estimate of drug-likeness (QED) is 0.572. The molecule has 0 aliphatic heterocycles. The second-order valence-corrected chi connectivity index (χ2v) is 6.10. The number of ether oxygens (including phenoxy) is 2. The summed E-state index contributed by atoms with van der Waals surface area (Å²) in [5.74, 6) is -0.511. The minimum absolute atomic E-state index is 0.107. The van der Waals surface area contributed by atoms with E-state index in [4.69, 9.17) is 9.47 Å². The number of rotatable bonds is 7. The molecule has 126 valence electrons. The SMILES string of the molecule is CC(COC(C)(C)C(=O)c1ccccc1)OC(=O)c1ccccc1. The molecule has 4 heteroatoms. The van der Waals surface area contributed by atoms with Crippen LogP contribution in [0.15, 0.2) is 60.7 Å². The third-order valence-electron chi connectivity index (χ3n) is 3.58. The fourth-order valence-electron chi connectivity index (χ4n) is 2.19. The number of esters is 1. The van der Waals surface area contributed by atoms with Crippen molar-refractivity contribution in [3.8, 4) is 0 Å². The van der Waals surface area contributed by atoms with E-state index < -0.39 is 17.7 Å². The fourth-order valence-corrected chi connectivity index (χ4v) is 2.19. The highest BCUT2D eigenvalue weighted by atomic mass is 16.6. The summed E-state index contributed by atoms with van der Waals surface area (Å²) in [5, 5.41) is 0. The first-order valence-corrected chi connectivity index (χ1v) is 7.90. The Kier molecular flexibility index (Phi) is 5.88. The van der Waals surface area contributed by atoms with Gasteiger partial charge in [0.25, 0.3) is 0 Å². The molecule has 24 heavy (non-hydrogen) atoms. The number of benzene rings is 2. The van der Waals surface area contributed by atoms with Gasteiger partial charge in [-0.25, -0.2) is 4.79 Å². The van der Waals surface area contributed by atoms with Crippen LogP contribution in [-0.4, -0.2) is 30.1 Å². The van der Waals surface area contributed by atoms with E-state index >= 15 is 0 Å². The smallest absolute Gasteiger partial charge is 0.338 e. The topological polar surface area (TPSA) is 52.6 Å². The molecule has 1 unspecified atom stereocenters. The van der Waals surface area contributed by atoms with E-state index in [2.05, 4.69) is 0 Å². The highest BCUT2D eigenvalue weighted by Crippen LogP contribution is 2.18. The molecule has 0 aromatic heterocycles. The molecule has 4 nitrogen and oxygen atoms in total. The van der Waals surface area contributed by atoms with Gasteiger partial charge >= 0.3 is 5.97 Å². The largest absolute Gasteiger partial charge is 0.457 e. The summed E-state index contributed by atoms with van der Waals surface area (Å²) in [4.78, 5) is 24.5. The molecule has 0 aliphatic rings. The molecule has 2 aromatic rings. The third kappa shape index (κ3) is 4.77. The molecule has 1 atom stereocenters. The minimum Gasteiger partial charge on any atom is -0.457 e.